The zero-order valence-corrected chi connectivity index (χ0v) is 16.8. The maximum Gasteiger partial charge on any atom is 0.317 e. The highest BCUT2D eigenvalue weighted by molar-refractivity contribution is 8.01. The van der Waals surface area contributed by atoms with Crippen molar-refractivity contribution in [1.82, 2.24) is 0 Å². The first kappa shape index (κ1) is 21.7. The molecule has 0 aliphatic carbocycles. The quantitative estimate of drug-likeness (QED) is 0.520. The molecule has 2 atom stereocenters. The van der Waals surface area contributed by atoms with Gasteiger partial charge in [0.05, 0.1) is 25.9 Å². The van der Waals surface area contributed by atoms with Gasteiger partial charge in [0.15, 0.2) is 11.5 Å². The molecule has 0 heterocycles. The molecule has 0 bridgehead atoms. The third-order valence-electron chi connectivity index (χ3n) is 3.98. The van der Waals surface area contributed by atoms with E-state index in [9.17, 15) is 14.7 Å². The van der Waals surface area contributed by atoms with Crippen molar-refractivity contribution in [3.05, 3.63) is 52.5 Å². The van der Waals surface area contributed by atoms with Crippen LogP contribution in [0.25, 0.3) is 0 Å². The number of anilines is 1. The predicted octanol–water partition coefficient (Wildman–Crippen LogP) is 3.69. The zero-order valence-electron chi connectivity index (χ0n) is 15.2. The number of carbonyl (C=O) groups is 2. The number of nitrogen functional groups attached to an aromatic ring is 1. The smallest absolute Gasteiger partial charge is 0.317 e. The average Bonchev–Trinajstić information content (AvgIpc) is 2.66. The monoisotopic (exact) mass is 425 g/mol. The SMILES string of the molecule is COc1cccc(C(SC(CC(=O)O)C(=O)O)c2cc(Cl)ccc2N)c1OC. The second-order valence-corrected chi connectivity index (χ2v) is 7.55. The van der Waals surface area contributed by atoms with Gasteiger partial charge in [0, 0.05) is 16.3 Å². The number of benzene rings is 2. The summed E-state index contributed by atoms with van der Waals surface area (Å²) in [6, 6.07) is 10.1. The summed E-state index contributed by atoms with van der Waals surface area (Å²) in [5, 5.41) is 17.2. The lowest BCUT2D eigenvalue weighted by Crippen LogP contribution is -2.22. The number of nitrogens with two attached hydrogens (primary N) is 1. The largest absolute Gasteiger partial charge is 0.493 e. The molecule has 0 fully saturated rings. The van der Waals surface area contributed by atoms with Gasteiger partial charge in [-0.1, -0.05) is 23.7 Å². The number of rotatable bonds is 9. The van der Waals surface area contributed by atoms with Crippen LogP contribution in [0.4, 0.5) is 5.69 Å². The lowest BCUT2D eigenvalue weighted by molar-refractivity contribution is -0.142. The molecule has 0 aliphatic heterocycles. The number of halogens is 1. The van der Waals surface area contributed by atoms with E-state index in [0.717, 1.165) is 11.8 Å². The van der Waals surface area contributed by atoms with Crippen LogP contribution in [0.5, 0.6) is 11.5 Å². The van der Waals surface area contributed by atoms with Crippen LogP contribution < -0.4 is 15.2 Å². The highest BCUT2D eigenvalue weighted by atomic mass is 35.5. The van der Waals surface area contributed by atoms with Gasteiger partial charge in [-0.25, -0.2) is 0 Å². The van der Waals surface area contributed by atoms with Crippen molar-refractivity contribution >= 4 is 41.0 Å². The highest BCUT2D eigenvalue weighted by Crippen LogP contribution is 2.47. The molecule has 7 nitrogen and oxygen atoms in total. The number of hydrogen-bond acceptors (Lipinski definition) is 6. The van der Waals surface area contributed by atoms with E-state index in [4.69, 9.17) is 31.9 Å². The molecule has 2 aromatic rings. The lowest BCUT2D eigenvalue weighted by Gasteiger charge is -2.25. The maximum absolute atomic E-state index is 11.7. The number of hydrogen-bond donors (Lipinski definition) is 3. The Bertz CT molecular complexity index is 875. The Morgan fingerprint density at radius 3 is 2.43 bits per heavy atom. The second-order valence-electron chi connectivity index (χ2n) is 5.80. The summed E-state index contributed by atoms with van der Waals surface area (Å²) in [6.45, 7) is 0. The lowest BCUT2D eigenvalue weighted by atomic mass is 10.0. The van der Waals surface area contributed by atoms with E-state index in [1.807, 2.05) is 0 Å². The minimum Gasteiger partial charge on any atom is -0.493 e. The number of aliphatic carboxylic acids is 2. The molecule has 2 unspecified atom stereocenters. The standard InChI is InChI=1S/C19H20ClNO6S/c1-26-14-5-3-4-11(17(14)27-2)18(12-8-10(20)6-7-13(12)21)28-15(19(24)25)9-16(22)23/h3-8,15,18H,9,21H2,1-2H3,(H,22,23)(H,24,25). The van der Waals surface area contributed by atoms with E-state index >= 15 is 0 Å². The molecule has 0 amide bonds. The van der Waals surface area contributed by atoms with Gasteiger partial charge in [-0.05, 0) is 29.8 Å². The van der Waals surface area contributed by atoms with E-state index < -0.39 is 28.9 Å². The second kappa shape index (κ2) is 9.57. The Labute approximate surface area is 171 Å². The summed E-state index contributed by atoms with van der Waals surface area (Å²) in [6.07, 6.45) is -0.552. The topological polar surface area (TPSA) is 119 Å². The van der Waals surface area contributed by atoms with Crippen molar-refractivity contribution in [1.29, 1.82) is 0 Å². The first-order valence-electron chi connectivity index (χ1n) is 8.14. The third-order valence-corrected chi connectivity index (χ3v) is 5.69. The Balaban J connectivity index is 2.65. The molecule has 28 heavy (non-hydrogen) atoms. The van der Waals surface area contributed by atoms with Crippen molar-refractivity contribution < 1.29 is 29.3 Å². The van der Waals surface area contributed by atoms with Crippen LogP contribution in [-0.2, 0) is 9.59 Å². The van der Waals surface area contributed by atoms with Crippen molar-refractivity contribution in [3.8, 4) is 11.5 Å². The van der Waals surface area contributed by atoms with Gasteiger partial charge in [-0.15, -0.1) is 11.8 Å². The van der Waals surface area contributed by atoms with Gasteiger partial charge in [0.2, 0.25) is 0 Å². The molecule has 0 saturated heterocycles. The van der Waals surface area contributed by atoms with Crippen LogP contribution >= 0.6 is 23.4 Å². The van der Waals surface area contributed by atoms with E-state index in [0.29, 0.717) is 33.3 Å². The number of thioether (sulfide) groups is 1. The first-order chi connectivity index (χ1) is 13.3. The molecular formula is C19H20ClNO6S. The molecule has 9 heteroatoms. The minimum absolute atomic E-state index is 0.395. The third kappa shape index (κ3) is 5.02. The van der Waals surface area contributed by atoms with Crippen molar-refractivity contribution in [2.75, 3.05) is 20.0 Å². The van der Waals surface area contributed by atoms with Gasteiger partial charge in [0.1, 0.15) is 5.25 Å². The van der Waals surface area contributed by atoms with Gasteiger partial charge < -0.3 is 25.4 Å². The van der Waals surface area contributed by atoms with Crippen LogP contribution in [0.3, 0.4) is 0 Å². The van der Waals surface area contributed by atoms with E-state index in [1.165, 1.54) is 14.2 Å². The number of carboxylic acid groups (broad SMARTS) is 2. The molecule has 0 aliphatic rings. The van der Waals surface area contributed by atoms with E-state index in [2.05, 4.69) is 0 Å². The highest BCUT2D eigenvalue weighted by Gasteiger charge is 2.31. The van der Waals surface area contributed by atoms with Crippen LogP contribution in [0.1, 0.15) is 22.8 Å². The van der Waals surface area contributed by atoms with Gasteiger partial charge in [-0.2, -0.15) is 0 Å². The van der Waals surface area contributed by atoms with E-state index in [-0.39, 0.29) is 0 Å². The van der Waals surface area contributed by atoms with Crippen LogP contribution in [0.15, 0.2) is 36.4 Å². The molecule has 150 valence electrons. The van der Waals surface area contributed by atoms with Gasteiger partial charge in [-0.3, -0.25) is 9.59 Å². The summed E-state index contributed by atoms with van der Waals surface area (Å²) in [4.78, 5) is 22.8. The molecule has 2 aromatic carbocycles. The number of para-hydroxylation sites is 1. The number of carboxylic acids is 2. The Kier molecular flexibility index (Phi) is 7.42. The first-order valence-corrected chi connectivity index (χ1v) is 9.46. The summed E-state index contributed by atoms with van der Waals surface area (Å²) < 4.78 is 10.8. The van der Waals surface area contributed by atoms with Crippen molar-refractivity contribution in [2.45, 2.75) is 16.9 Å². The fourth-order valence-electron chi connectivity index (χ4n) is 2.72. The molecule has 0 radical (unpaired) electrons. The summed E-state index contributed by atoms with van der Waals surface area (Å²) >= 11 is 7.08. The minimum atomic E-state index is -1.24. The molecule has 0 spiro atoms. The Morgan fingerprint density at radius 2 is 1.86 bits per heavy atom. The molecule has 0 aromatic heterocycles. The van der Waals surface area contributed by atoms with Crippen molar-refractivity contribution in [2.24, 2.45) is 0 Å². The zero-order chi connectivity index (χ0) is 20.8. The van der Waals surface area contributed by atoms with Crippen LogP contribution in [-0.4, -0.2) is 41.6 Å². The fourth-order valence-corrected chi connectivity index (χ4v) is 4.27. The Hall–Kier alpha value is -2.58. The average molecular weight is 426 g/mol. The molecule has 2 rings (SSSR count). The molecule has 0 saturated carbocycles. The van der Waals surface area contributed by atoms with E-state index in [1.54, 1.807) is 36.4 Å². The molecular weight excluding hydrogens is 406 g/mol. The van der Waals surface area contributed by atoms with Crippen LogP contribution in [0, 0.1) is 0 Å². The predicted molar refractivity (Wildman–Crippen MR) is 109 cm³/mol. The maximum atomic E-state index is 11.7. The molecule has 4 N–H and O–H groups in total. The normalized spacial score (nSPS) is 12.8. The van der Waals surface area contributed by atoms with Crippen LogP contribution in [0.2, 0.25) is 5.02 Å². The van der Waals surface area contributed by atoms with Crippen molar-refractivity contribution in [3.63, 3.8) is 0 Å². The fraction of sp³-hybridized carbons (Fsp3) is 0.263. The summed E-state index contributed by atoms with van der Waals surface area (Å²) in [5.74, 6) is -1.59. The summed E-state index contributed by atoms with van der Waals surface area (Å²) in [7, 11) is 2.96. The van der Waals surface area contributed by atoms with Gasteiger partial charge in [0.25, 0.3) is 0 Å². The summed E-state index contributed by atoms with van der Waals surface area (Å²) in [5.41, 5.74) is 7.68. The number of methoxy groups -OCH3 is 2. The van der Waals surface area contributed by atoms with Gasteiger partial charge >= 0.3 is 11.9 Å². The Morgan fingerprint density at radius 1 is 1.14 bits per heavy atom. The number of ether oxygens (including phenoxy) is 2.